The molecule has 0 bridgehead atoms. The van der Waals surface area contributed by atoms with Crippen LogP contribution in [-0.2, 0) is 0 Å². The van der Waals surface area contributed by atoms with Crippen molar-refractivity contribution in [1.29, 1.82) is 0 Å². The van der Waals surface area contributed by atoms with Crippen LogP contribution in [0.4, 0.5) is 0 Å². The average molecular weight is 404 g/mol. The van der Waals surface area contributed by atoms with Gasteiger partial charge < -0.3 is 5.11 Å². The maximum absolute atomic E-state index is 13.6. The summed E-state index contributed by atoms with van der Waals surface area (Å²) in [5.74, 6) is 0.0311. The van der Waals surface area contributed by atoms with Crippen molar-refractivity contribution >= 4 is 0 Å². The van der Waals surface area contributed by atoms with E-state index in [2.05, 4.69) is 36.4 Å². The van der Waals surface area contributed by atoms with E-state index in [0.29, 0.717) is 0 Å². The Kier molecular flexibility index (Phi) is 6.62. The second-order valence-electron chi connectivity index (χ2n) is 7.51. The molecule has 0 amide bonds. The molecule has 5 aromatic rings. The average Bonchev–Trinajstić information content (AvgIpc) is 2.85. The van der Waals surface area contributed by atoms with Crippen molar-refractivity contribution in [3.05, 3.63) is 127 Å². The Bertz CT molecular complexity index is 1300. The number of hydrogen-bond donors (Lipinski definition) is 0. The molecule has 5 rings (SSSR count). The van der Waals surface area contributed by atoms with Gasteiger partial charge in [-0.2, -0.15) is 0 Å². The molecule has 0 saturated heterocycles. The minimum Gasteiger partial charge on any atom is -0.872 e. The third-order valence-corrected chi connectivity index (χ3v) is 5.56. The van der Waals surface area contributed by atoms with E-state index < -0.39 is 0 Å². The molecule has 0 aromatic heterocycles. The van der Waals surface area contributed by atoms with Gasteiger partial charge in [-0.05, 0) is 44.5 Å². The summed E-state index contributed by atoms with van der Waals surface area (Å²) in [5.41, 5.74) is 7.85. The zero-order chi connectivity index (χ0) is 21.0. The second kappa shape index (κ2) is 9.75. The first-order chi connectivity index (χ1) is 15.3. The minimum atomic E-state index is 0. The SMILES string of the molecule is [Li+].[O-]c1cc(-c2ccccc2)c(-c2ccccc2)c(-c2ccccc2)c1-c1ccccc1. The molecule has 148 valence electrons. The van der Waals surface area contributed by atoms with Crippen LogP contribution in [0.25, 0.3) is 44.5 Å². The molecular weight excluding hydrogens is 383 g/mol. The zero-order valence-electron chi connectivity index (χ0n) is 18.0. The third-order valence-electron chi connectivity index (χ3n) is 5.56. The van der Waals surface area contributed by atoms with Crippen molar-refractivity contribution in [2.45, 2.75) is 0 Å². The van der Waals surface area contributed by atoms with Crippen molar-refractivity contribution in [2.75, 3.05) is 0 Å². The van der Waals surface area contributed by atoms with Gasteiger partial charge in [-0.1, -0.05) is 133 Å². The number of hydrogen-bond acceptors (Lipinski definition) is 1. The van der Waals surface area contributed by atoms with Crippen molar-refractivity contribution in [3.8, 4) is 50.3 Å². The Labute approximate surface area is 201 Å². The quantitative estimate of drug-likeness (QED) is 0.407. The minimum absolute atomic E-state index is 0. The van der Waals surface area contributed by atoms with Gasteiger partial charge in [0.05, 0.1) is 0 Å². The van der Waals surface area contributed by atoms with Gasteiger partial charge in [0.15, 0.2) is 0 Å². The van der Waals surface area contributed by atoms with Gasteiger partial charge in [0.2, 0.25) is 0 Å². The molecule has 0 atom stereocenters. The maximum atomic E-state index is 13.6. The van der Waals surface area contributed by atoms with Crippen LogP contribution in [0.1, 0.15) is 0 Å². The van der Waals surface area contributed by atoms with E-state index in [1.807, 2.05) is 84.9 Å². The Morgan fingerprint density at radius 2 is 0.719 bits per heavy atom. The molecule has 0 aliphatic rings. The first-order valence-electron chi connectivity index (χ1n) is 10.4. The molecule has 2 heteroatoms. The summed E-state index contributed by atoms with van der Waals surface area (Å²) in [6.45, 7) is 0. The second-order valence-corrected chi connectivity index (χ2v) is 7.51. The van der Waals surface area contributed by atoms with Crippen molar-refractivity contribution in [3.63, 3.8) is 0 Å². The molecule has 0 aliphatic carbocycles. The summed E-state index contributed by atoms with van der Waals surface area (Å²) in [6, 6.07) is 42.5. The van der Waals surface area contributed by atoms with E-state index in [9.17, 15) is 5.11 Å². The van der Waals surface area contributed by atoms with Crippen molar-refractivity contribution in [1.82, 2.24) is 0 Å². The molecule has 0 heterocycles. The molecule has 0 fully saturated rings. The first-order valence-corrected chi connectivity index (χ1v) is 10.4. The summed E-state index contributed by atoms with van der Waals surface area (Å²) in [4.78, 5) is 0. The van der Waals surface area contributed by atoms with E-state index in [0.717, 1.165) is 44.5 Å². The molecular formula is C30H21LiO. The Morgan fingerprint density at radius 3 is 1.16 bits per heavy atom. The van der Waals surface area contributed by atoms with Crippen LogP contribution in [-0.4, -0.2) is 0 Å². The molecule has 0 radical (unpaired) electrons. The van der Waals surface area contributed by atoms with Gasteiger partial charge in [0.1, 0.15) is 0 Å². The molecule has 5 aromatic carbocycles. The van der Waals surface area contributed by atoms with Gasteiger partial charge in [0, 0.05) is 0 Å². The van der Waals surface area contributed by atoms with E-state index in [1.165, 1.54) is 0 Å². The Hall–Kier alpha value is -3.50. The molecule has 0 unspecified atom stereocenters. The molecule has 0 saturated carbocycles. The normalized spacial score (nSPS) is 10.4. The first kappa shape index (κ1) is 21.7. The topological polar surface area (TPSA) is 23.1 Å². The van der Waals surface area contributed by atoms with Crippen molar-refractivity contribution in [2.24, 2.45) is 0 Å². The summed E-state index contributed by atoms with van der Waals surface area (Å²) in [6.07, 6.45) is 0. The van der Waals surface area contributed by atoms with Crippen LogP contribution in [0.15, 0.2) is 127 Å². The number of benzene rings is 5. The molecule has 0 spiro atoms. The summed E-state index contributed by atoms with van der Waals surface area (Å²) in [7, 11) is 0. The summed E-state index contributed by atoms with van der Waals surface area (Å²) >= 11 is 0. The van der Waals surface area contributed by atoms with Crippen LogP contribution in [0.2, 0.25) is 0 Å². The molecule has 0 aliphatic heterocycles. The monoisotopic (exact) mass is 404 g/mol. The van der Waals surface area contributed by atoms with Crippen LogP contribution in [0.5, 0.6) is 5.75 Å². The maximum Gasteiger partial charge on any atom is 1.00 e. The molecule has 1 nitrogen and oxygen atoms in total. The van der Waals surface area contributed by atoms with Crippen LogP contribution >= 0.6 is 0 Å². The van der Waals surface area contributed by atoms with Crippen LogP contribution in [0.3, 0.4) is 0 Å². The number of rotatable bonds is 4. The fourth-order valence-electron chi connectivity index (χ4n) is 4.19. The van der Waals surface area contributed by atoms with Gasteiger partial charge >= 0.3 is 18.9 Å². The van der Waals surface area contributed by atoms with Crippen LogP contribution < -0.4 is 24.0 Å². The fourth-order valence-corrected chi connectivity index (χ4v) is 4.19. The summed E-state index contributed by atoms with van der Waals surface area (Å²) < 4.78 is 0. The largest absolute Gasteiger partial charge is 1.00 e. The zero-order valence-corrected chi connectivity index (χ0v) is 18.0. The van der Waals surface area contributed by atoms with E-state index in [1.54, 1.807) is 6.07 Å². The van der Waals surface area contributed by atoms with Gasteiger partial charge in [-0.25, -0.2) is 0 Å². The summed E-state index contributed by atoms with van der Waals surface area (Å²) in [5, 5.41) is 13.6. The predicted octanol–water partition coefficient (Wildman–Crippen LogP) is 4.43. The predicted molar refractivity (Wildman–Crippen MR) is 128 cm³/mol. The van der Waals surface area contributed by atoms with E-state index in [-0.39, 0.29) is 24.6 Å². The van der Waals surface area contributed by atoms with Gasteiger partial charge in [-0.15, -0.1) is 0 Å². The Balaban J connectivity index is 0.00000245. The van der Waals surface area contributed by atoms with Gasteiger partial charge in [-0.3, -0.25) is 0 Å². The fraction of sp³-hybridized carbons (Fsp3) is 0. The van der Waals surface area contributed by atoms with Crippen molar-refractivity contribution < 1.29 is 24.0 Å². The third kappa shape index (κ3) is 4.14. The Morgan fingerprint density at radius 1 is 0.375 bits per heavy atom. The smallest absolute Gasteiger partial charge is 0.872 e. The molecule has 32 heavy (non-hydrogen) atoms. The molecule has 0 N–H and O–H groups in total. The van der Waals surface area contributed by atoms with Gasteiger partial charge in [0.25, 0.3) is 0 Å². The van der Waals surface area contributed by atoms with Crippen LogP contribution in [0, 0.1) is 0 Å². The standard InChI is InChI=1S/C30H22O.Li/c31-27-21-26(22-13-5-1-6-14-22)28(23-15-7-2-8-16-23)30(25-19-11-4-12-20-25)29(27)24-17-9-3-10-18-24;/h1-21,31H;/q;+1/p-1. The van der Waals surface area contributed by atoms with E-state index in [4.69, 9.17) is 0 Å². The van der Waals surface area contributed by atoms with E-state index >= 15 is 0 Å².